The fourth-order valence-corrected chi connectivity index (χ4v) is 3.34. The van der Waals surface area contributed by atoms with Crippen molar-refractivity contribution in [3.05, 3.63) is 58.4 Å². The van der Waals surface area contributed by atoms with E-state index in [9.17, 15) is 22.4 Å². The van der Waals surface area contributed by atoms with E-state index < -0.39 is 23.5 Å². The maximum absolute atomic E-state index is 13.4. The zero-order valence-corrected chi connectivity index (χ0v) is 15.5. The van der Waals surface area contributed by atoms with Gasteiger partial charge in [0.1, 0.15) is 5.82 Å². The highest BCUT2D eigenvalue weighted by Gasteiger charge is 2.34. The van der Waals surface area contributed by atoms with Crippen LogP contribution >= 0.6 is 23.4 Å². The van der Waals surface area contributed by atoms with E-state index in [0.717, 1.165) is 30.7 Å². The molecule has 26 heavy (non-hydrogen) atoms. The van der Waals surface area contributed by atoms with Crippen LogP contribution in [0.2, 0.25) is 5.02 Å². The fraction of sp³-hybridized carbons (Fsp3) is 0.278. The Hall–Kier alpha value is -1.73. The van der Waals surface area contributed by atoms with Crippen molar-refractivity contribution in [2.45, 2.75) is 36.6 Å². The molecule has 0 bridgehead atoms. The SMILES string of the molecule is CCC(C)Sc1ccc(NC(=O)c2ccc(F)cc2Cl)c(C(F)(F)F)c1. The molecule has 0 aliphatic rings. The molecule has 0 saturated heterocycles. The maximum Gasteiger partial charge on any atom is 0.418 e. The van der Waals surface area contributed by atoms with Crippen LogP contribution in [0.5, 0.6) is 0 Å². The first-order chi connectivity index (χ1) is 12.1. The largest absolute Gasteiger partial charge is 0.418 e. The van der Waals surface area contributed by atoms with E-state index in [1.54, 1.807) is 0 Å². The van der Waals surface area contributed by atoms with Crippen LogP contribution in [-0.2, 0) is 6.18 Å². The molecule has 1 amide bonds. The predicted octanol–water partition coefficient (Wildman–Crippen LogP) is 6.64. The smallest absolute Gasteiger partial charge is 0.321 e. The minimum Gasteiger partial charge on any atom is -0.321 e. The molecule has 1 N–H and O–H groups in total. The van der Waals surface area contributed by atoms with E-state index in [1.165, 1.54) is 23.9 Å². The number of carbonyl (C=O) groups is 1. The summed E-state index contributed by atoms with van der Waals surface area (Å²) < 4.78 is 53.3. The number of halogens is 5. The van der Waals surface area contributed by atoms with Gasteiger partial charge in [0, 0.05) is 10.1 Å². The third-order valence-electron chi connectivity index (χ3n) is 3.63. The summed E-state index contributed by atoms with van der Waals surface area (Å²) >= 11 is 7.12. The van der Waals surface area contributed by atoms with E-state index in [4.69, 9.17) is 11.6 Å². The Morgan fingerprint density at radius 1 is 1.23 bits per heavy atom. The van der Waals surface area contributed by atoms with Gasteiger partial charge in [0.2, 0.25) is 0 Å². The second-order valence-corrected chi connectivity index (χ2v) is 7.54. The molecule has 1 atom stereocenters. The number of carbonyl (C=O) groups excluding carboxylic acids is 1. The molecule has 2 aromatic rings. The van der Waals surface area contributed by atoms with Gasteiger partial charge in [-0.15, -0.1) is 11.8 Å². The van der Waals surface area contributed by atoms with E-state index in [0.29, 0.717) is 4.90 Å². The number of anilines is 1. The van der Waals surface area contributed by atoms with Crippen LogP contribution in [0.25, 0.3) is 0 Å². The molecular weight excluding hydrogens is 390 g/mol. The first-order valence-electron chi connectivity index (χ1n) is 7.76. The topological polar surface area (TPSA) is 29.1 Å². The molecule has 0 saturated carbocycles. The second kappa shape index (κ2) is 8.31. The molecular formula is C18H16ClF4NOS. The number of amides is 1. The molecule has 2 rings (SSSR count). The minimum absolute atomic E-state index is 0.112. The number of benzene rings is 2. The third kappa shape index (κ3) is 5.14. The van der Waals surface area contributed by atoms with Crippen LogP contribution in [0.15, 0.2) is 41.3 Å². The van der Waals surface area contributed by atoms with Crippen LogP contribution in [0.3, 0.4) is 0 Å². The van der Waals surface area contributed by atoms with Gasteiger partial charge in [-0.1, -0.05) is 25.4 Å². The van der Waals surface area contributed by atoms with Gasteiger partial charge >= 0.3 is 6.18 Å². The summed E-state index contributed by atoms with van der Waals surface area (Å²) in [6.45, 7) is 3.87. The highest BCUT2D eigenvalue weighted by Crippen LogP contribution is 2.38. The fourth-order valence-electron chi connectivity index (χ4n) is 2.12. The molecule has 0 spiro atoms. The van der Waals surface area contributed by atoms with Crippen molar-refractivity contribution in [3.63, 3.8) is 0 Å². The molecule has 140 valence electrons. The van der Waals surface area contributed by atoms with Gasteiger partial charge in [-0.2, -0.15) is 13.2 Å². The summed E-state index contributed by atoms with van der Waals surface area (Å²) in [6.07, 6.45) is -3.82. The van der Waals surface area contributed by atoms with Crippen LogP contribution < -0.4 is 5.32 Å². The van der Waals surface area contributed by atoms with Crippen molar-refractivity contribution in [2.75, 3.05) is 5.32 Å². The molecule has 0 fully saturated rings. The van der Waals surface area contributed by atoms with E-state index in [1.807, 2.05) is 13.8 Å². The van der Waals surface area contributed by atoms with Crippen molar-refractivity contribution < 1.29 is 22.4 Å². The third-order valence-corrected chi connectivity index (χ3v) is 5.21. The van der Waals surface area contributed by atoms with E-state index >= 15 is 0 Å². The Bertz CT molecular complexity index is 810. The lowest BCUT2D eigenvalue weighted by Gasteiger charge is -2.16. The Morgan fingerprint density at radius 2 is 1.92 bits per heavy atom. The predicted molar refractivity (Wildman–Crippen MR) is 96.4 cm³/mol. The van der Waals surface area contributed by atoms with E-state index in [-0.39, 0.29) is 21.5 Å². The second-order valence-electron chi connectivity index (χ2n) is 5.62. The highest BCUT2D eigenvalue weighted by atomic mass is 35.5. The Morgan fingerprint density at radius 3 is 2.50 bits per heavy atom. The Balaban J connectivity index is 2.34. The lowest BCUT2D eigenvalue weighted by molar-refractivity contribution is -0.137. The normalized spacial score (nSPS) is 12.7. The summed E-state index contributed by atoms with van der Waals surface area (Å²) in [5.41, 5.74) is -1.44. The van der Waals surface area contributed by atoms with Crippen molar-refractivity contribution in [1.29, 1.82) is 0 Å². The van der Waals surface area contributed by atoms with Crippen molar-refractivity contribution >= 4 is 35.0 Å². The number of hydrogen-bond acceptors (Lipinski definition) is 2. The molecule has 8 heteroatoms. The first-order valence-corrected chi connectivity index (χ1v) is 9.02. The summed E-state index contributed by atoms with van der Waals surface area (Å²) in [5.74, 6) is -1.49. The number of rotatable bonds is 5. The van der Waals surface area contributed by atoms with Gasteiger partial charge in [0.25, 0.3) is 5.91 Å². The number of hydrogen-bond donors (Lipinski definition) is 1. The number of alkyl halides is 3. The molecule has 0 heterocycles. The molecule has 2 aromatic carbocycles. The van der Waals surface area contributed by atoms with Crippen molar-refractivity contribution in [1.82, 2.24) is 0 Å². The number of thioether (sulfide) groups is 1. The van der Waals surface area contributed by atoms with Gasteiger partial charge in [-0.25, -0.2) is 4.39 Å². The zero-order valence-electron chi connectivity index (χ0n) is 14.0. The summed E-state index contributed by atoms with van der Waals surface area (Å²) in [6, 6.07) is 6.80. The van der Waals surface area contributed by atoms with Gasteiger partial charge in [-0.05, 0) is 42.8 Å². The van der Waals surface area contributed by atoms with Crippen LogP contribution in [0.1, 0.15) is 36.2 Å². The van der Waals surface area contributed by atoms with E-state index in [2.05, 4.69) is 5.32 Å². The standard InChI is InChI=1S/C18H16ClF4NOS/c1-3-10(2)26-12-5-7-16(14(9-12)18(21,22)23)24-17(25)13-6-4-11(20)8-15(13)19/h4-10H,3H2,1-2H3,(H,24,25). The molecule has 0 aliphatic heterocycles. The zero-order chi connectivity index (χ0) is 19.5. The Labute approximate surface area is 157 Å². The monoisotopic (exact) mass is 405 g/mol. The minimum atomic E-state index is -4.64. The van der Waals surface area contributed by atoms with Crippen molar-refractivity contribution in [3.8, 4) is 0 Å². The quantitative estimate of drug-likeness (QED) is 0.446. The van der Waals surface area contributed by atoms with Gasteiger partial charge in [0.05, 0.1) is 21.8 Å². The van der Waals surface area contributed by atoms with Gasteiger partial charge < -0.3 is 5.32 Å². The number of nitrogens with one attached hydrogen (secondary N) is 1. The van der Waals surface area contributed by atoms with Crippen LogP contribution in [-0.4, -0.2) is 11.2 Å². The van der Waals surface area contributed by atoms with Crippen LogP contribution in [0, 0.1) is 5.82 Å². The average molecular weight is 406 g/mol. The Kier molecular flexibility index (Phi) is 6.58. The molecule has 0 radical (unpaired) electrons. The lowest BCUT2D eigenvalue weighted by atomic mass is 10.1. The average Bonchev–Trinajstić information content (AvgIpc) is 2.54. The van der Waals surface area contributed by atoms with Gasteiger partial charge in [-0.3, -0.25) is 4.79 Å². The molecule has 0 aliphatic carbocycles. The summed E-state index contributed by atoms with van der Waals surface area (Å²) in [4.78, 5) is 12.7. The van der Waals surface area contributed by atoms with Crippen molar-refractivity contribution in [2.24, 2.45) is 0 Å². The first kappa shape index (κ1) is 20.6. The highest BCUT2D eigenvalue weighted by molar-refractivity contribution is 7.99. The maximum atomic E-state index is 13.4. The molecule has 2 nitrogen and oxygen atoms in total. The summed E-state index contributed by atoms with van der Waals surface area (Å²) in [7, 11) is 0. The van der Waals surface area contributed by atoms with Crippen LogP contribution in [0.4, 0.5) is 23.2 Å². The lowest BCUT2D eigenvalue weighted by Crippen LogP contribution is -2.17. The summed E-state index contributed by atoms with van der Waals surface area (Å²) in [5, 5.41) is 2.19. The molecule has 1 unspecified atom stereocenters. The molecule has 0 aromatic heterocycles. The van der Waals surface area contributed by atoms with Gasteiger partial charge in [0.15, 0.2) is 0 Å².